The molecule has 0 heterocycles. The van der Waals surface area contributed by atoms with Crippen molar-refractivity contribution in [3.8, 4) is 11.8 Å². The lowest BCUT2D eigenvalue weighted by atomic mass is 10.1. The molecule has 20 heavy (non-hydrogen) atoms. The maximum absolute atomic E-state index is 13.4. The molecule has 0 radical (unpaired) electrons. The Hall–Kier alpha value is -1.87. The van der Waals surface area contributed by atoms with Gasteiger partial charge in [0.1, 0.15) is 17.9 Å². The predicted octanol–water partition coefficient (Wildman–Crippen LogP) is 2.18. The van der Waals surface area contributed by atoms with Crippen molar-refractivity contribution < 1.29 is 13.5 Å². The van der Waals surface area contributed by atoms with E-state index in [4.69, 9.17) is 15.7 Å². The van der Waals surface area contributed by atoms with Crippen LogP contribution in [0.15, 0.2) is 12.1 Å². The van der Waals surface area contributed by atoms with Crippen molar-refractivity contribution in [2.75, 3.05) is 18.6 Å². The third-order valence-corrected chi connectivity index (χ3v) is 3.26. The van der Waals surface area contributed by atoms with Crippen molar-refractivity contribution in [2.45, 2.75) is 31.3 Å². The molecule has 2 N–H and O–H groups in total. The normalized spacial score (nSPS) is 17.2. The molecule has 1 aliphatic carbocycles. The van der Waals surface area contributed by atoms with Gasteiger partial charge >= 0.3 is 0 Å². The van der Waals surface area contributed by atoms with Crippen LogP contribution in [-0.2, 0) is 0 Å². The van der Waals surface area contributed by atoms with Crippen LogP contribution in [0.3, 0.4) is 0 Å². The molecule has 6 heteroatoms. The van der Waals surface area contributed by atoms with Crippen molar-refractivity contribution in [1.29, 1.82) is 5.26 Å². The molecule has 0 amide bonds. The van der Waals surface area contributed by atoms with E-state index in [0.717, 1.165) is 25.0 Å². The Kier molecular flexibility index (Phi) is 3.82. The third kappa shape index (κ3) is 3.17. The standard InChI is InChI=1S/C14H17F2N3O/c1-14(18,7-17)8-20-13-6-11(16)10(15)5-12(13)19(2)9-3-4-9/h5-6,9H,3-4,8,18H2,1-2H3. The van der Waals surface area contributed by atoms with Crippen LogP contribution in [0.1, 0.15) is 19.8 Å². The van der Waals surface area contributed by atoms with Gasteiger partial charge in [0.25, 0.3) is 0 Å². The molecule has 1 aliphatic rings. The van der Waals surface area contributed by atoms with Crippen LogP contribution in [0.25, 0.3) is 0 Å². The largest absolute Gasteiger partial charge is 0.488 e. The number of ether oxygens (including phenoxy) is 1. The zero-order valence-corrected chi connectivity index (χ0v) is 11.5. The van der Waals surface area contributed by atoms with Crippen molar-refractivity contribution in [2.24, 2.45) is 5.73 Å². The van der Waals surface area contributed by atoms with Gasteiger partial charge < -0.3 is 15.4 Å². The number of nitrogens with two attached hydrogens (primary N) is 1. The van der Waals surface area contributed by atoms with Crippen LogP contribution < -0.4 is 15.4 Å². The fourth-order valence-electron chi connectivity index (χ4n) is 1.83. The minimum atomic E-state index is -1.18. The summed E-state index contributed by atoms with van der Waals surface area (Å²) in [5, 5.41) is 8.85. The van der Waals surface area contributed by atoms with Crippen LogP contribution in [0.2, 0.25) is 0 Å². The topological polar surface area (TPSA) is 62.3 Å². The number of nitriles is 1. The second-order valence-electron chi connectivity index (χ2n) is 5.39. The molecule has 1 saturated carbocycles. The molecule has 1 aromatic rings. The molecule has 0 aromatic heterocycles. The maximum atomic E-state index is 13.4. The highest BCUT2D eigenvalue weighted by Crippen LogP contribution is 2.37. The van der Waals surface area contributed by atoms with Gasteiger partial charge in [-0.3, -0.25) is 0 Å². The highest BCUT2D eigenvalue weighted by atomic mass is 19.2. The average Bonchev–Trinajstić information content (AvgIpc) is 3.23. The van der Waals surface area contributed by atoms with Crippen LogP contribution in [0.4, 0.5) is 14.5 Å². The molecule has 108 valence electrons. The average molecular weight is 281 g/mol. The Balaban J connectivity index is 2.25. The highest BCUT2D eigenvalue weighted by molar-refractivity contribution is 5.60. The Morgan fingerprint density at radius 2 is 2.05 bits per heavy atom. The molecular weight excluding hydrogens is 264 g/mol. The van der Waals surface area contributed by atoms with Crippen LogP contribution in [-0.4, -0.2) is 25.2 Å². The van der Waals surface area contributed by atoms with Gasteiger partial charge in [-0.25, -0.2) is 8.78 Å². The first kappa shape index (κ1) is 14.5. The van der Waals surface area contributed by atoms with E-state index in [0.29, 0.717) is 11.7 Å². The number of rotatable bonds is 5. The Morgan fingerprint density at radius 1 is 1.45 bits per heavy atom. The van der Waals surface area contributed by atoms with E-state index in [-0.39, 0.29) is 12.4 Å². The van der Waals surface area contributed by atoms with Crippen LogP contribution >= 0.6 is 0 Å². The van der Waals surface area contributed by atoms with Gasteiger partial charge in [-0.05, 0) is 19.8 Å². The molecule has 0 bridgehead atoms. The fourth-order valence-corrected chi connectivity index (χ4v) is 1.83. The monoisotopic (exact) mass is 281 g/mol. The van der Waals surface area contributed by atoms with Crippen LogP contribution in [0, 0.1) is 23.0 Å². The van der Waals surface area contributed by atoms with Gasteiger partial charge in [0.2, 0.25) is 0 Å². The van der Waals surface area contributed by atoms with Crippen molar-refractivity contribution in [1.82, 2.24) is 0 Å². The molecule has 4 nitrogen and oxygen atoms in total. The summed E-state index contributed by atoms with van der Waals surface area (Å²) in [4.78, 5) is 1.86. The van der Waals surface area contributed by atoms with Crippen molar-refractivity contribution >= 4 is 5.69 Å². The number of nitrogens with zero attached hydrogens (tertiary/aromatic N) is 2. The second kappa shape index (κ2) is 5.25. The first-order valence-electron chi connectivity index (χ1n) is 6.39. The summed E-state index contributed by atoms with van der Waals surface area (Å²) in [5.41, 5.74) is 4.95. The number of anilines is 1. The third-order valence-electron chi connectivity index (χ3n) is 3.26. The summed E-state index contributed by atoms with van der Waals surface area (Å²) in [6.07, 6.45) is 2.03. The minimum absolute atomic E-state index is 0.0971. The summed E-state index contributed by atoms with van der Waals surface area (Å²) in [6, 6.07) is 4.33. The SMILES string of the molecule is CN(c1cc(F)c(F)cc1OCC(C)(N)C#N)C1CC1. The lowest BCUT2D eigenvalue weighted by Crippen LogP contribution is -2.40. The molecule has 1 unspecified atom stereocenters. The maximum Gasteiger partial charge on any atom is 0.162 e. The summed E-state index contributed by atoms with van der Waals surface area (Å²) < 4.78 is 32.2. The van der Waals surface area contributed by atoms with E-state index in [1.165, 1.54) is 6.92 Å². The number of benzene rings is 1. The zero-order valence-electron chi connectivity index (χ0n) is 11.5. The Labute approximate surface area is 116 Å². The Morgan fingerprint density at radius 3 is 2.60 bits per heavy atom. The minimum Gasteiger partial charge on any atom is -0.488 e. The lowest BCUT2D eigenvalue weighted by Gasteiger charge is -2.24. The summed E-state index contributed by atoms with van der Waals surface area (Å²) in [5.74, 6) is -1.70. The number of hydrogen-bond acceptors (Lipinski definition) is 4. The van der Waals surface area contributed by atoms with E-state index in [2.05, 4.69) is 0 Å². The molecule has 1 aromatic carbocycles. The second-order valence-corrected chi connectivity index (χ2v) is 5.39. The molecule has 0 spiro atoms. The first-order chi connectivity index (χ1) is 9.34. The van der Waals surface area contributed by atoms with Gasteiger partial charge in [-0.1, -0.05) is 0 Å². The summed E-state index contributed by atoms with van der Waals surface area (Å²) >= 11 is 0. The van der Waals surface area contributed by atoms with E-state index >= 15 is 0 Å². The first-order valence-corrected chi connectivity index (χ1v) is 6.39. The molecule has 0 aliphatic heterocycles. The van der Waals surface area contributed by atoms with Crippen LogP contribution in [0.5, 0.6) is 5.75 Å². The van der Waals surface area contributed by atoms with E-state index < -0.39 is 17.2 Å². The molecule has 2 rings (SSSR count). The van der Waals surface area contributed by atoms with E-state index in [9.17, 15) is 8.78 Å². The molecule has 1 atom stereocenters. The zero-order chi connectivity index (χ0) is 14.9. The van der Waals surface area contributed by atoms with E-state index in [1.54, 1.807) is 0 Å². The predicted molar refractivity (Wildman–Crippen MR) is 71.5 cm³/mol. The van der Waals surface area contributed by atoms with E-state index in [1.807, 2.05) is 18.0 Å². The van der Waals surface area contributed by atoms with Crippen molar-refractivity contribution in [3.05, 3.63) is 23.8 Å². The van der Waals surface area contributed by atoms with Gasteiger partial charge in [0.05, 0.1) is 11.8 Å². The molecular formula is C14H17F2N3O. The summed E-state index contributed by atoms with van der Waals surface area (Å²) in [6.45, 7) is 1.41. The quantitative estimate of drug-likeness (QED) is 0.898. The van der Waals surface area contributed by atoms with Gasteiger partial charge in [0.15, 0.2) is 11.6 Å². The Bertz CT molecular complexity index is 550. The van der Waals surface area contributed by atoms with Gasteiger partial charge in [-0.2, -0.15) is 5.26 Å². The molecule has 0 saturated heterocycles. The van der Waals surface area contributed by atoms with Gasteiger partial charge in [-0.15, -0.1) is 0 Å². The number of halogens is 2. The smallest absolute Gasteiger partial charge is 0.162 e. The molecule has 1 fully saturated rings. The summed E-state index contributed by atoms with van der Waals surface area (Å²) in [7, 11) is 1.81. The van der Waals surface area contributed by atoms with Crippen molar-refractivity contribution in [3.63, 3.8) is 0 Å². The number of hydrogen-bond donors (Lipinski definition) is 1. The lowest BCUT2D eigenvalue weighted by molar-refractivity contribution is 0.263. The van der Waals surface area contributed by atoms with Gasteiger partial charge in [0, 0.05) is 25.2 Å². The highest BCUT2D eigenvalue weighted by Gasteiger charge is 2.29. The fraction of sp³-hybridized carbons (Fsp3) is 0.500.